The number of amides is 2. The summed E-state index contributed by atoms with van der Waals surface area (Å²) in [6.45, 7) is 5.89. The van der Waals surface area contributed by atoms with Crippen molar-refractivity contribution in [3.8, 4) is 0 Å². The molecule has 0 saturated heterocycles. The predicted molar refractivity (Wildman–Crippen MR) is 89.1 cm³/mol. The lowest BCUT2D eigenvalue weighted by Crippen LogP contribution is -2.32. The minimum atomic E-state index is -0.115. The van der Waals surface area contributed by atoms with Crippen LogP contribution in [0.2, 0.25) is 0 Å². The molecule has 2 rings (SSSR count). The largest absolute Gasteiger partial charge is 0.337 e. The highest BCUT2D eigenvalue weighted by Gasteiger charge is 2.11. The van der Waals surface area contributed by atoms with Crippen LogP contribution in [-0.4, -0.2) is 39.1 Å². The number of hydrogen-bond donors (Lipinski definition) is 1. The molecular formula is C15H23N5OS. The highest BCUT2D eigenvalue weighted by molar-refractivity contribution is 7.15. The van der Waals surface area contributed by atoms with E-state index in [4.69, 9.17) is 0 Å². The molecule has 0 aromatic carbocycles. The van der Waals surface area contributed by atoms with E-state index >= 15 is 0 Å². The Morgan fingerprint density at radius 2 is 2.32 bits per heavy atom. The smallest absolute Gasteiger partial charge is 0.323 e. The fourth-order valence-corrected chi connectivity index (χ4v) is 3.07. The minimum Gasteiger partial charge on any atom is -0.337 e. The molecule has 0 bridgehead atoms. The summed E-state index contributed by atoms with van der Waals surface area (Å²) in [4.78, 5) is 23.2. The number of carbonyl (C=O) groups is 1. The van der Waals surface area contributed by atoms with E-state index in [1.54, 1.807) is 35.8 Å². The fourth-order valence-electron chi connectivity index (χ4n) is 2.06. The first-order chi connectivity index (χ1) is 10.5. The Bertz CT molecular complexity index is 579. The number of anilines is 1. The molecule has 0 aliphatic carbocycles. The molecule has 7 heteroatoms. The van der Waals surface area contributed by atoms with E-state index in [9.17, 15) is 4.79 Å². The van der Waals surface area contributed by atoms with E-state index in [-0.39, 0.29) is 6.03 Å². The molecule has 0 radical (unpaired) electrons. The SMILES string of the molecule is CC(C)Cc1cnc(NC(=O)N(C)CCCn2ccnc2)s1. The molecule has 6 nitrogen and oxygen atoms in total. The van der Waals surface area contributed by atoms with Crippen molar-refractivity contribution < 1.29 is 4.79 Å². The molecule has 0 fully saturated rings. The van der Waals surface area contributed by atoms with Crippen LogP contribution >= 0.6 is 11.3 Å². The Kier molecular flexibility index (Phi) is 5.94. The standard InChI is InChI=1S/C15H23N5OS/c1-12(2)9-13-10-17-14(22-13)18-15(21)19(3)6-4-7-20-8-5-16-11-20/h5,8,10-12H,4,6-7,9H2,1-3H3,(H,17,18,21). The van der Waals surface area contributed by atoms with Gasteiger partial charge in [0.2, 0.25) is 0 Å². The van der Waals surface area contributed by atoms with Crippen molar-refractivity contribution >= 4 is 22.5 Å². The summed E-state index contributed by atoms with van der Waals surface area (Å²) in [5.41, 5.74) is 0. The number of aromatic nitrogens is 3. The van der Waals surface area contributed by atoms with Gasteiger partial charge in [-0.3, -0.25) is 5.32 Å². The number of nitrogens with one attached hydrogen (secondary N) is 1. The number of urea groups is 1. The second kappa shape index (κ2) is 7.93. The molecule has 0 aliphatic heterocycles. The van der Waals surface area contributed by atoms with Gasteiger partial charge >= 0.3 is 6.03 Å². The molecule has 2 amide bonds. The Morgan fingerprint density at radius 1 is 1.50 bits per heavy atom. The van der Waals surface area contributed by atoms with Crippen LogP contribution in [-0.2, 0) is 13.0 Å². The summed E-state index contributed by atoms with van der Waals surface area (Å²) in [5, 5.41) is 3.52. The molecule has 2 aromatic rings. The van der Waals surface area contributed by atoms with Gasteiger partial charge in [-0.1, -0.05) is 13.8 Å². The zero-order valence-corrected chi connectivity index (χ0v) is 14.1. The summed E-state index contributed by atoms with van der Waals surface area (Å²) in [7, 11) is 1.80. The minimum absolute atomic E-state index is 0.115. The number of carbonyl (C=O) groups excluding carboxylic acids is 1. The maximum atomic E-state index is 12.1. The zero-order chi connectivity index (χ0) is 15.9. The zero-order valence-electron chi connectivity index (χ0n) is 13.3. The average Bonchev–Trinajstić information content (AvgIpc) is 3.10. The first kappa shape index (κ1) is 16.5. The van der Waals surface area contributed by atoms with Crippen LogP contribution in [0.3, 0.4) is 0 Å². The van der Waals surface area contributed by atoms with Crippen molar-refractivity contribution in [2.24, 2.45) is 5.92 Å². The van der Waals surface area contributed by atoms with Gasteiger partial charge in [0.25, 0.3) is 0 Å². The highest BCUT2D eigenvalue weighted by Crippen LogP contribution is 2.21. The number of nitrogens with zero attached hydrogens (tertiary/aromatic N) is 4. The number of thiazole rings is 1. The van der Waals surface area contributed by atoms with Crippen LogP contribution in [0.5, 0.6) is 0 Å². The molecule has 0 atom stereocenters. The van der Waals surface area contributed by atoms with E-state index in [2.05, 4.69) is 29.1 Å². The Hall–Kier alpha value is -1.89. The first-order valence-electron chi connectivity index (χ1n) is 7.47. The van der Waals surface area contributed by atoms with Crippen molar-refractivity contribution in [1.29, 1.82) is 0 Å². The van der Waals surface area contributed by atoms with Crippen molar-refractivity contribution in [2.75, 3.05) is 18.9 Å². The molecule has 0 spiro atoms. The predicted octanol–water partition coefficient (Wildman–Crippen LogP) is 3.09. The third-order valence-corrected chi connectivity index (χ3v) is 4.13. The summed E-state index contributed by atoms with van der Waals surface area (Å²) < 4.78 is 2.00. The van der Waals surface area contributed by atoms with Crippen LogP contribution in [0.4, 0.5) is 9.93 Å². The Balaban J connectivity index is 1.74. The molecule has 0 unspecified atom stereocenters. The number of rotatable bonds is 7. The van der Waals surface area contributed by atoms with Crippen LogP contribution in [0.15, 0.2) is 24.9 Å². The van der Waals surface area contributed by atoms with Crippen molar-refractivity contribution in [3.63, 3.8) is 0 Å². The normalized spacial score (nSPS) is 10.9. The van der Waals surface area contributed by atoms with Crippen LogP contribution in [0.1, 0.15) is 25.1 Å². The number of imidazole rings is 1. The summed E-state index contributed by atoms with van der Waals surface area (Å²) in [5.74, 6) is 0.592. The second-order valence-corrected chi connectivity index (χ2v) is 6.85. The van der Waals surface area contributed by atoms with Gasteiger partial charge in [0.15, 0.2) is 5.13 Å². The molecule has 22 heavy (non-hydrogen) atoms. The van der Waals surface area contributed by atoms with E-state index in [0.29, 0.717) is 17.6 Å². The molecule has 120 valence electrons. The van der Waals surface area contributed by atoms with Gasteiger partial charge in [-0.05, 0) is 18.8 Å². The van der Waals surface area contributed by atoms with Gasteiger partial charge < -0.3 is 9.47 Å². The van der Waals surface area contributed by atoms with Crippen molar-refractivity contribution in [2.45, 2.75) is 33.2 Å². The quantitative estimate of drug-likeness (QED) is 0.852. The lowest BCUT2D eigenvalue weighted by molar-refractivity contribution is 0.221. The number of aryl methyl sites for hydroxylation is 1. The molecular weight excluding hydrogens is 298 g/mol. The molecule has 0 saturated carbocycles. The van der Waals surface area contributed by atoms with Gasteiger partial charge in [0, 0.05) is 43.6 Å². The van der Waals surface area contributed by atoms with Crippen LogP contribution in [0, 0.1) is 5.92 Å². The van der Waals surface area contributed by atoms with E-state index in [1.807, 2.05) is 17.0 Å². The van der Waals surface area contributed by atoms with Gasteiger partial charge in [-0.2, -0.15) is 0 Å². The van der Waals surface area contributed by atoms with E-state index < -0.39 is 0 Å². The maximum Gasteiger partial charge on any atom is 0.323 e. The van der Waals surface area contributed by atoms with Gasteiger partial charge in [-0.15, -0.1) is 11.3 Å². The van der Waals surface area contributed by atoms with Crippen molar-refractivity contribution in [3.05, 3.63) is 29.8 Å². The Labute approximate surface area is 135 Å². The maximum absolute atomic E-state index is 12.1. The highest BCUT2D eigenvalue weighted by atomic mass is 32.1. The monoisotopic (exact) mass is 321 g/mol. The third kappa shape index (κ3) is 5.14. The van der Waals surface area contributed by atoms with Crippen LogP contribution in [0.25, 0.3) is 0 Å². The third-order valence-electron chi connectivity index (χ3n) is 3.19. The average molecular weight is 321 g/mol. The molecule has 1 N–H and O–H groups in total. The molecule has 2 heterocycles. The van der Waals surface area contributed by atoms with Crippen molar-refractivity contribution in [1.82, 2.24) is 19.4 Å². The van der Waals surface area contributed by atoms with E-state index in [0.717, 1.165) is 19.4 Å². The van der Waals surface area contributed by atoms with E-state index in [1.165, 1.54) is 4.88 Å². The first-order valence-corrected chi connectivity index (χ1v) is 8.29. The topological polar surface area (TPSA) is 63.1 Å². The van der Waals surface area contributed by atoms with Gasteiger partial charge in [-0.25, -0.2) is 14.8 Å². The lowest BCUT2D eigenvalue weighted by Gasteiger charge is -2.16. The summed E-state index contributed by atoms with van der Waals surface area (Å²) in [6, 6.07) is -0.115. The Morgan fingerprint density at radius 3 is 3.00 bits per heavy atom. The van der Waals surface area contributed by atoms with Gasteiger partial charge in [0.1, 0.15) is 0 Å². The molecule has 2 aromatic heterocycles. The summed E-state index contributed by atoms with van der Waals surface area (Å²) in [6.07, 6.45) is 9.19. The summed E-state index contributed by atoms with van der Waals surface area (Å²) >= 11 is 1.55. The number of hydrogen-bond acceptors (Lipinski definition) is 4. The second-order valence-electron chi connectivity index (χ2n) is 5.74. The molecule has 0 aliphatic rings. The van der Waals surface area contributed by atoms with Crippen LogP contribution < -0.4 is 5.32 Å². The lowest BCUT2D eigenvalue weighted by atomic mass is 10.1. The van der Waals surface area contributed by atoms with Gasteiger partial charge in [0.05, 0.1) is 6.33 Å². The fraction of sp³-hybridized carbons (Fsp3) is 0.533.